The molecule has 0 radical (unpaired) electrons. The lowest BCUT2D eigenvalue weighted by Crippen LogP contribution is -2.48. The van der Waals surface area contributed by atoms with Crippen LogP contribution in [0.25, 0.3) is 0 Å². The summed E-state index contributed by atoms with van der Waals surface area (Å²) in [6.45, 7) is 1.42. The molecule has 1 aliphatic rings. The van der Waals surface area contributed by atoms with Crippen molar-refractivity contribution in [3.8, 4) is 0 Å². The van der Waals surface area contributed by atoms with Gasteiger partial charge in [0.25, 0.3) is 5.66 Å². The minimum absolute atomic E-state index is 0.392. The second-order valence-corrected chi connectivity index (χ2v) is 3.23. The van der Waals surface area contributed by atoms with E-state index < -0.39 is 11.6 Å². The van der Waals surface area contributed by atoms with Gasteiger partial charge < -0.3 is 10.6 Å². The molecule has 1 fully saturated rings. The highest BCUT2D eigenvalue weighted by atomic mass is 31.0. The highest BCUT2D eigenvalue weighted by Gasteiger charge is 2.34. The molecule has 5 heteroatoms. The van der Waals surface area contributed by atoms with Gasteiger partial charge in [-0.05, 0) is 0 Å². The normalized spacial score (nSPS) is 23.1. The standard InChI is InChI=1S/C5H11F2N2P/c6-5(7,10)4-1-8-3-9-2-4/h4,8-9H,1-3,10H2. The maximum absolute atomic E-state index is 12.5. The van der Waals surface area contributed by atoms with Crippen LogP contribution in [0.2, 0.25) is 0 Å². The Labute approximate surface area is 61.0 Å². The molecule has 10 heavy (non-hydrogen) atoms. The van der Waals surface area contributed by atoms with Crippen molar-refractivity contribution in [3.63, 3.8) is 0 Å². The van der Waals surface area contributed by atoms with Crippen LogP contribution in [-0.4, -0.2) is 25.4 Å². The monoisotopic (exact) mass is 168 g/mol. The summed E-state index contributed by atoms with van der Waals surface area (Å²) in [6, 6.07) is 0. The van der Waals surface area contributed by atoms with Crippen LogP contribution in [0, 0.1) is 5.92 Å². The molecule has 0 amide bonds. The Bertz CT molecular complexity index is 109. The van der Waals surface area contributed by atoms with E-state index >= 15 is 0 Å². The van der Waals surface area contributed by atoms with Crippen LogP contribution in [0.5, 0.6) is 0 Å². The third kappa shape index (κ3) is 2.11. The molecule has 2 nitrogen and oxygen atoms in total. The zero-order valence-electron chi connectivity index (χ0n) is 5.53. The molecule has 0 bridgehead atoms. The summed E-state index contributed by atoms with van der Waals surface area (Å²) < 4.78 is 25.0. The van der Waals surface area contributed by atoms with E-state index in [1.165, 1.54) is 0 Å². The lowest BCUT2D eigenvalue weighted by molar-refractivity contribution is 0.0289. The van der Waals surface area contributed by atoms with Gasteiger partial charge in [0.1, 0.15) is 0 Å². The highest BCUT2D eigenvalue weighted by Crippen LogP contribution is 2.31. The van der Waals surface area contributed by atoms with Crippen molar-refractivity contribution in [1.29, 1.82) is 0 Å². The number of alkyl halides is 2. The summed E-state index contributed by atoms with van der Waals surface area (Å²) >= 11 is 0. The molecular formula is C5H11F2N2P. The number of halogens is 2. The first-order valence-corrected chi connectivity index (χ1v) is 3.76. The van der Waals surface area contributed by atoms with Gasteiger partial charge in [0.2, 0.25) is 0 Å². The van der Waals surface area contributed by atoms with Crippen molar-refractivity contribution in [2.24, 2.45) is 5.92 Å². The average molecular weight is 168 g/mol. The average Bonchev–Trinajstić information content (AvgIpc) is 1.88. The largest absolute Gasteiger partial charge is 0.304 e. The SMILES string of the molecule is FC(F)(P)C1CNCNC1. The summed E-state index contributed by atoms with van der Waals surface area (Å²) in [5.41, 5.74) is -2.64. The van der Waals surface area contributed by atoms with Crippen LogP contribution in [0.3, 0.4) is 0 Å². The predicted octanol–water partition coefficient (Wildman–Crippen LogP) is 0.221. The van der Waals surface area contributed by atoms with Crippen molar-refractivity contribution < 1.29 is 8.78 Å². The molecule has 0 spiro atoms. The highest BCUT2D eigenvalue weighted by molar-refractivity contribution is 7.18. The predicted molar refractivity (Wildman–Crippen MR) is 39.0 cm³/mol. The molecule has 0 saturated carbocycles. The maximum atomic E-state index is 12.5. The van der Waals surface area contributed by atoms with Crippen molar-refractivity contribution >= 4 is 9.24 Å². The van der Waals surface area contributed by atoms with Crippen molar-refractivity contribution in [3.05, 3.63) is 0 Å². The van der Waals surface area contributed by atoms with Gasteiger partial charge in [-0.3, -0.25) is 0 Å². The molecule has 1 rings (SSSR count). The second kappa shape index (κ2) is 3.07. The van der Waals surface area contributed by atoms with Crippen LogP contribution >= 0.6 is 9.24 Å². The third-order valence-electron chi connectivity index (χ3n) is 1.58. The van der Waals surface area contributed by atoms with E-state index in [2.05, 4.69) is 10.6 Å². The Morgan fingerprint density at radius 1 is 1.30 bits per heavy atom. The molecule has 1 saturated heterocycles. The van der Waals surface area contributed by atoms with Gasteiger partial charge >= 0.3 is 0 Å². The maximum Gasteiger partial charge on any atom is 0.264 e. The van der Waals surface area contributed by atoms with Crippen LogP contribution < -0.4 is 10.6 Å². The summed E-state index contributed by atoms with van der Waals surface area (Å²) in [5, 5.41) is 5.67. The van der Waals surface area contributed by atoms with E-state index in [-0.39, 0.29) is 0 Å². The molecular weight excluding hydrogens is 157 g/mol. The smallest absolute Gasteiger partial charge is 0.264 e. The Hall–Kier alpha value is 0.210. The second-order valence-electron chi connectivity index (χ2n) is 2.46. The number of nitrogens with one attached hydrogen (secondary N) is 2. The quantitative estimate of drug-likeness (QED) is 0.547. The fourth-order valence-electron chi connectivity index (χ4n) is 0.926. The third-order valence-corrected chi connectivity index (χ3v) is 2.05. The van der Waals surface area contributed by atoms with Gasteiger partial charge in [0.15, 0.2) is 0 Å². The minimum atomic E-state index is -2.64. The van der Waals surface area contributed by atoms with E-state index in [9.17, 15) is 8.78 Å². The molecule has 1 atom stereocenters. The lowest BCUT2D eigenvalue weighted by atomic mass is 10.1. The van der Waals surface area contributed by atoms with Gasteiger partial charge in [-0.1, -0.05) is 9.24 Å². The fourth-order valence-corrected chi connectivity index (χ4v) is 1.16. The zero-order chi connectivity index (χ0) is 7.61. The Kier molecular flexibility index (Phi) is 2.55. The molecule has 0 aromatic carbocycles. The summed E-state index contributed by atoms with van der Waals surface area (Å²) in [7, 11) is 1.57. The van der Waals surface area contributed by atoms with Crippen molar-refractivity contribution in [1.82, 2.24) is 10.6 Å². The summed E-state index contributed by atoms with van der Waals surface area (Å²) in [5.74, 6) is -0.591. The van der Waals surface area contributed by atoms with E-state index in [0.29, 0.717) is 19.8 Å². The first kappa shape index (κ1) is 8.31. The van der Waals surface area contributed by atoms with Gasteiger partial charge in [-0.25, -0.2) is 8.78 Å². The molecule has 0 aromatic rings. The molecule has 1 aliphatic heterocycles. The van der Waals surface area contributed by atoms with Crippen LogP contribution in [0.1, 0.15) is 0 Å². The molecule has 1 unspecified atom stereocenters. The minimum Gasteiger partial charge on any atom is -0.304 e. The van der Waals surface area contributed by atoms with Crippen LogP contribution in [0.15, 0.2) is 0 Å². The molecule has 0 aromatic heterocycles. The van der Waals surface area contributed by atoms with Gasteiger partial charge in [-0.2, -0.15) is 0 Å². The van der Waals surface area contributed by atoms with Gasteiger partial charge in [0.05, 0.1) is 5.92 Å². The van der Waals surface area contributed by atoms with E-state index in [1.807, 2.05) is 0 Å². The van der Waals surface area contributed by atoms with Crippen LogP contribution in [-0.2, 0) is 0 Å². The number of hydrogen-bond donors (Lipinski definition) is 2. The van der Waals surface area contributed by atoms with E-state index in [1.54, 1.807) is 9.24 Å². The Morgan fingerprint density at radius 2 is 1.80 bits per heavy atom. The number of hydrogen-bond acceptors (Lipinski definition) is 2. The first-order chi connectivity index (χ1) is 4.61. The van der Waals surface area contributed by atoms with E-state index in [4.69, 9.17) is 0 Å². The number of rotatable bonds is 1. The van der Waals surface area contributed by atoms with Crippen molar-refractivity contribution in [2.75, 3.05) is 19.8 Å². The Balaban J connectivity index is 2.39. The van der Waals surface area contributed by atoms with Gasteiger partial charge in [0, 0.05) is 19.8 Å². The summed E-state index contributed by atoms with van der Waals surface area (Å²) in [4.78, 5) is 0. The van der Waals surface area contributed by atoms with Crippen molar-refractivity contribution in [2.45, 2.75) is 5.66 Å². The van der Waals surface area contributed by atoms with E-state index in [0.717, 1.165) is 0 Å². The molecule has 1 heterocycles. The Morgan fingerprint density at radius 3 is 2.10 bits per heavy atom. The molecule has 60 valence electrons. The fraction of sp³-hybridized carbons (Fsp3) is 1.00. The van der Waals surface area contributed by atoms with Gasteiger partial charge in [-0.15, -0.1) is 0 Å². The van der Waals surface area contributed by atoms with Crippen LogP contribution in [0.4, 0.5) is 8.78 Å². The zero-order valence-corrected chi connectivity index (χ0v) is 6.69. The molecule has 2 N–H and O–H groups in total. The lowest BCUT2D eigenvalue weighted by Gasteiger charge is -2.28. The topological polar surface area (TPSA) is 24.1 Å². The molecule has 0 aliphatic carbocycles. The summed E-state index contributed by atoms with van der Waals surface area (Å²) in [6.07, 6.45) is 0. The first-order valence-electron chi connectivity index (χ1n) is 3.19.